The molecule has 0 saturated carbocycles. The second kappa shape index (κ2) is 9.07. The summed E-state index contributed by atoms with van der Waals surface area (Å²) < 4.78 is 5.31. The highest BCUT2D eigenvalue weighted by Gasteiger charge is 2.38. The summed E-state index contributed by atoms with van der Waals surface area (Å²) in [7, 11) is 0. The molecule has 162 valence electrons. The molecule has 0 aliphatic carbocycles. The van der Waals surface area contributed by atoms with Gasteiger partial charge in [0.2, 0.25) is 11.8 Å². The van der Waals surface area contributed by atoms with Crippen molar-refractivity contribution in [1.29, 1.82) is 0 Å². The molecule has 3 fully saturated rings. The van der Waals surface area contributed by atoms with Gasteiger partial charge in [0.15, 0.2) is 0 Å². The summed E-state index contributed by atoms with van der Waals surface area (Å²) in [4.78, 5) is 51.5. The Bertz CT molecular complexity index is 785. The molecule has 3 aliphatic heterocycles. The molecule has 1 aromatic rings. The molecular weight excluding hydrogens is 386 g/mol. The van der Waals surface area contributed by atoms with E-state index in [1.54, 1.807) is 19.3 Å². The zero-order valence-corrected chi connectivity index (χ0v) is 17.5. The summed E-state index contributed by atoms with van der Waals surface area (Å²) in [6.07, 6.45) is 5.16. The van der Waals surface area contributed by atoms with Gasteiger partial charge in [0.05, 0.1) is 24.7 Å². The number of aromatic nitrogens is 2. The molecule has 0 N–H and O–H groups in total. The van der Waals surface area contributed by atoms with Crippen molar-refractivity contribution in [2.75, 3.05) is 52.5 Å². The van der Waals surface area contributed by atoms with E-state index in [-0.39, 0.29) is 23.6 Å². The number of hydrogen-bond acceptors (Lipinski definition) is 6. The molecule has 1 aromatic heterocycles. The molecule has 9 nitrogen and oxygen atoms in total. The fraction of sp³-hybridized carbons (Fsp3) is 0.667. The molecule has 3 saturated heterocycles. The second-order valence-corrected chi connectivity index (χ2v) is 8.39. The first-order valence-electron chi connectivity index (χ1n) is 10.7. The Kier molecular flexibility index (Phi) is 6.26. The minimum atomic E-state index is -0.237. The Balaban J connectivity index is 1.25. The molecule has 0 radical (unpaired) electrons. The molecular formula is C21H29N5O4. The topological polar surface area (TPSA) is 95.9 Å². The maximum absolute atomic E-state index is 12.7. The number of carbonyl (C=O) groups excluding carboxylic acids is 3. The number of likely N-dealkylation sites (tertiary alicyclic amines) is 2. The summed E-state index contributed by atoms with van der Waals surface area (Å²) >= 11 is 0. The van der Waals surface area contributed by atoms with Crippen LogP contribution in [0.4, 0.5) is 0 Å². The van der Waals surface area contributed by atoms with Crippen LogP contribution < -0.4 is 0 Å². The van der Waals surface area contributed by atoms with Crippen LogP contribution in [0.5, 0.6) is 0 Å². The Morgan fingerprint density at radius 3 is 2.40 bits per heavy atom. The number of morpholine rings is 1. The van der Waals surface area contributed by atoms with Crippen molar-refractivity contribution in [3.05, 3.63) is 23.8 Å². The van der Waals surface area contributed by atoms with Crippen molar-refractivity contribution in [2.24, 2.45) is 11.8 Å². The highest BCUT2D eigenvalue weighted by molar-refractivity contribution is 5.93. The highest BCUT2D eigenvalue weighted by Crippen LogP contribution is 2.25. The van der Waals surface area contributed by atoms with Gasteiger partial charge in [-0.3, -0.25) is 14.4 Å². The van der Waals surface area contributed by atoms with Gasteiger partial charge in [-0.05, 0) is 25.7 Å². The SMILES string of the molecule is Cc1ncc(C(=O)N2CCC(CN3CC(C(=O)N4CCOCC4)CC3=O)CC2)cn1. The lowest BCUT2D eigenvalue weighted by molar-refractivity contribution is -0.139. The first kappa shape index (κ1) is 20.7. The van der Waals surface area contributed by atoms with E-state index in [9.17, 15) is 14.4 Å². The predicted molar refractivity (Wildman–Crippen MR) is 107 cm³/mol. The molecule has 0 spiro atoms. The van der Waals surface area contributed by atoms with Crippen LogP contribution in [-0.2, 0) is 14.3 Å². The monoisotopic (exact) mass is 415 g/mol. The standard InChI is InChI=1S/C21H29N5O4/c1-15-22-11-18(12-23-15)21(29)24-4-2-16(3-5-24)13-26-14-17(10-19(26)27)20(28)25-6-8-30-9-7-25/h11-12,16-17H,2-10,13-14H2,1H3. The van der Waals surface area contributed by atoms with Crippen LogP contribution >= 0.6 is 0 Å². The number of ether oxygens (including phenoxy) is 1. The molecule has 4 rings (SSSR count). The van der Waals surface area contributed by atoms with E-state index < -0.39 is 0 Å². The van der Waals surface area contributed by atoms with Crippen LogP contribution in [0.3, 0.4) is 0 Å². The van der Waals surface area contributed by atoms with E-state index in [1.165, 1.54) is 0 Å². The van der Waals surface area contributed by atoms with Gasteiger partial charge in [-0.1, -0.05) is 0 Å². The molecule has 4 heterocycles. The number of hydrogen-bond donors (Lipinski definition) is 0. The van der Waals surface area contributed by atoms with E-state index in [4.69, 9.17) is 4.74 Å². The summed E-state index contributed by atoms with van der Waals surface area (Å²) in [5, 5.41) is 0. The minimum absolute atomic E-state index is 0.0399. The van der Waals surface area contributed by atoms with Gasteiger partial charge >= 0.3 is 0 Å². The van der Waals surface area contributed by atoms with Crippen LogP contribution in [0.2, 0.25) is 0 Å². The predicted octanol–water partition coefficient (Wildman–Crippen LogP) is 0.345. The number of amides is 3. The summed E-state index contributed by atoms with van der Waals surface area (Å²) in [6, 6.07) is 0. The van der Waals surface area contributed by atoms with E-state index in [0.717, 1.165) is 12.8 Å². The molecule has 3 aliphatic rings. The van der Waals surface area contributed by atoms with E-state index in [1.807, 2.05) is 14.7 Å². The van der Waals surface area contributed by atoms with Crippen LogP contribution in [0.15, 0.2) is 12.4 Å². The van der Waals surface area contributed by atoms with Crippen molar-refractivity contribution >= 4 is 17.7 Å². The van der Waals surface area contributed by atoms with Crippen molar-refractivity contribution in [3.63, 3.8) is 0 Å². The molecule has 1 atom stereocenters. The van der Waals surface area contributed by atoms with Gasteiger partial charge in [0, 0.05) is 58.1 Å². The largest absolute Gasteiger partial charge is 0.378 e. The molecule has 0 aromatic carbocycles. The van der Waals surface area contributed by atoms with Crippen LogP contribution in [0.1, 0.15) is 35.4 Å². The summed E-state index contributed by atoms with van der Waals surface area (Å²) in [5.41, 5.74) is 0.512. The van der Waals surface area contributed by atoms with Gasteiger partial charge in [0.1, 0.15) is 5.82 Å². The van der Waals surface area contributed by atoms with E-state index >= 15 is 0 Å². The Morgan fingerprint density at radius 2 is 1.73 bits per heavy atom. The Hall–Kier alpha value is -2.55. The molecule has 9 heteroatoms. The number of carbonyl (C=O) groups is 3. The van der Waals surface area contributed by atoms with Gasteiger partial charge in [-0.25, -0.2) is 9.97 Å². The maximum atomic E-state index is 12.7. The Labute approximate surface area is 176 Å². The Morgan fingerprint density at radius 1 is 1.07 bits per heavy atom. The highest BCUT2D eigenvalue weighted by atomic mass is 16.5. The van der Waals surface area contributed by atoms with Gasteiger partial charge in [-0.2, -0.15) is 0 Å². The number of nitrogens with zero attached hydrogens (tertiary/aromatic N) is 5. The molecule has 1 unspecified atom stereocenters. The third-order valence-electron chi connectivity index (χ3n) is 6.29. The second-order valence-electron chi connectivity index (χ2n) is 8.39. The molecule has 0 bridgehead atoms. The lowest BCUT2D eigenvalue weighted by Crippen LogP contribution is -2.45. The third-order valence-corrected chi connectivity index (χ3v) is 6.29. The quantitative estimate of drug-likeness (QED) is 0.704. The van der Waals surface area contributed by atoms with Gasteiger partial charge in [-0.15, -0.1) is 0 Å². The maximum Gasteiger partial charge on any atom is 0.256 e. The van der Waals surface area contributed by atoms with E-state index in [2.05, 4.69) is 9.97 Å². The van der Waals surface area contributed by atoms with Gasteiger partial charge < -0.3 is 19.4 Å². The van der Waals surface area contributed by atoms with Gasteiger partial charge in [0.25, 0.3) is 5.91 Å². The average molecular weight is 415 g/mol. The normalized spacial score (nSPS) is 23.2. The fourth-order valence-electron chi connectivity index (χ4n) is 4.47. The first-order chi connectivity index (χ1) is 14.5. The lowest BCUT2D eigenvalue weighted by Gasteiger charge is -2.34. The summed E-state index contributed by atoms with van der Waals surface area (Å²) in [5.74, 6) is 0.864. The lowest BCUT2D eigenvalue weighted by atomic mass is 9.96. The number of rotatable bonds is 4. The summed E-state index contributed by atoms with van der Waals surface area (Å²) in [6.45, 7) is 6.66. The zero-order valence-electron chi connectivity index (χ0n) is 17.5. The third kappa shape index (κ3) is 4.61. The average Bonchev–Trinajstić information content (AvgIpc) is 3.14. The van der Waals surface area contributed by atoms with Crippen molar-refractivity contribution < 1.29 is 19.1 Å². The van der Waals surface area contributed by atoms with E-state index in [0.29, 0.717) is 76.2 Å². The van der Waals surface area contributed by atoms with Crippen molar-refractivity contribution in [1.82, 2.24) is 24.7 Å². The zero-order chi connectivity index (χ0) is 21.1. The first-order valence-corrected chi connectivity index (χ1v) is 10.7. The van der Waals surface area contributed by atoms with Crippen LogP contribution in [0, 0.1) is 18.8 Å². The van der Waals surface area contributed by atoms with Crippen LogP contribution in [-0.4, -0.2) is 94.9 Å². The number of piperidine rings is 1. The molecule has 3 amide bonds. The van der Waals surface area contributed by atoms with Crippen molar-refractivity contribution in [2.45, 2.75) is 26.2 Å². The minimum Gasteiger partial charge on any atom is -0.378 e. The van der Waals surface area contributed by atoms with Crippen molar-refractivity contribution in [3.8, 4) is 0 Å². The fourth-order valence-corrected chi connectivity index (χ4v) is 4.47. The number of aryl methyl sites for hydroxylation is 1. The molecule has 30 heavy (non-hydrogen) atoms. The smallest absolute Gasteiger partial charge is 0.256 e. The van der Waals surface area contributed by atoms with Crippen LogP contribution in [0.25, 0.3) is 0 Å².